The average molecular weight is 257 g/mol. The molecule has 1 amide bonds. The Morgan fingerprint density at radius 2 is 2.17 bits per heavy atom. The molecule has 0 aromatic rings. The topological polar surface area (TPSA) is 67.6 Å². The van der Waals surface area contributed by atoms with Gasteiger partial charge in [0.25, 0.3) is 0 Å². The number of nitrogens with two attached hydrogens (primary N) is 1. The highest BCUT2D eigenvalue weighted by molar-refractivity contribution is 5.77. The predicted octanol–water partition coefficient (Wildman–Crippen LogP) is 0.198. The van der Waals surface area contributed by atoms with Crippen molar-refractivity contribution in [2.45, 2.75) is 32.2 Å². The molecule has 0 saturated carbocycles. The quantitative estimate of drug-likeness (QED) is 0.639. The highest BCUT2D eigenvalue weighted by Crippen LogP contribution is 2.18. The van der Waals surface area contributed by atoms with Gasteiger partial charge >= 0.3 is 0 Å². The second-order valence-corrected chi connectivity index (χ2v) is 5.17. The molecule has 1 fully saturated rings. The number of carbonyl (C=O) groups is 1. The first-order valence-corrected chi connectivity index (χ1v) is 6.87. The zero-order chi connectivity index (χ0) is 13.4. The van der Waals surface area contributed by atoms with Gasteiger partial charge in [-0.15, -0.1) is 0 Å². The first-order valence-electron chi connectivity index (χ1n) is 6.87. The lowest BCUT2D eigenvalue weighted by Crippen LogP contribution is -2.44. The second kappa shape index (κ2) is 8.45. The summed E-state index contributed by atoms with van der Waals surface area (Å²) in [5.41, 5.74) is 5.90. The van der Waals surface area contributed by atoms with Crippen molar-refractivity contribution in [1.29, 1.82) is 0 Å². The highest BCUT2D eigenvalue weighted by Gasteiger charge is 2.22. The molecule has 1 heterocycles. The number of piperidine rings is 1. The molecule has 5 nitrogen and oxygen atoms in total. The van der Waals surface area contributed by atoms with Gasteiger partial charge in [0.15, 0.2) is 0 Å². The number of hydrogen-bond donors (Lipinski definition) is 2. The van der Waals surface area contributed by atoms with Crippen LogP contribution in [0.3, 0.4) is 0 Å². The van der Waals surface area contributed by atoms with E-state index in [9.17, 15) is 4.79 Å². The number of methoxy groups -OCH3 is 1. The minimum absolute atomic E-state index is 0.116. The Hall–Kier alpha value is -0.650. The van der Waals surface area contributed by atoms with Crippen molar-refractivity contribution in [3.05, 3.63) is 0 Å². The number of rotatable bonds is 7. The summed E-state index contributed by atoms with van der Waals surface area (Å²) in [6, 6.07) is 0.273. The first-order chi connectivity index (χ1) is 8.63. The zero-order valence-corrected chi connectivity index (χ0v) is 11.7. The molecule has 1 atom stereocenters. The minimum atomic E-state index is 0.116. The van der Waals surface area contributed by atoms with E-state index in [0.717, 1.165) is 32.4 Å². The molecular weight excluding hydrogens is 230 g/mol. The van der Waals surface area contributed by atoms with Crippen molar-refractivity contribution in [2.24, 2.45) is 11.7 Å². The monoisotopic (exact) mass is 257 g/mol. The third-order valence-corrected chi connectivity index (χ3v) is 3.59. The fourth-order valence-electron chi connectivity index (χ4n) is 2.34. The molecule has 106 valence electrons. The van der Waals surface area contributed by atoms with Gasteiger partial charge in [0.2, 0.25) is 5.91 Å². The highest BCUT2D eigenvalue weighted by atomic mass is 16.5. The average Bonchev–Trinajstić information content (AvgIpc) is 2.35. The van der Waals surface area contributed by atoms with Crippen LogP contribution in [0, 0.1) is 5.92 Å². The van der Waals surface area contributed by atoms with Crippen molar-refractivity contribution in [1.82, 2.24) is 10.2 Å². The van der Waals surface area contributed by atoms with Crippen LogP contribution in [0.15, 0.2) is 0 Å². The molecule has 0 aromatic carbocycles. The van der Waals surface area contributed by atoms with Crippen LogP contribution in [-0.2, 0) is 9.53 Å². The smallest absolute Gasteiger partial charge is 0.234 e. The number of amides is 1. The summed E-state index contributed by atoms with van der Waals surface area (Å²) in [6.45, 7) is 5.94. The van der Waals surface area contributed by atoms with E-state index in [2.05, 4.69) is 17.1 Å². The molecule has 0 spiro atoms. The van der Waals surface area contributed by atoms with E-state index in [0.29, 0.717) is 25.6 Å². The van der Waals surface area contributed by atoms with Crippen molar-refractivity contribution < 1.29 is 9.53 Å². The van der Waals surface area contributed by atoms with E-state index in [-0.39, 0.29) is 11.9 Å². The SMILES string of the molecule is COCCCNC(=O)CN1CCC(C(C)N)CC1. The van der Waals surface area contributed by atoms with E-state index < -0.39 is 0 Å². The Morgan fingerprint density at radius 3 is 2.72 bits per heavy atom. The van der Waals surface area contributed by atoms with Crippen molar-refractivity contribution in [3.63, 3.8) is 0 Å². The van der Waals surface area contributed by atoms with Gasteiger partial charge in [0.1, 0.15) is 0 Å². The largest absolute Gasteiger partial charge is 0.385 e. The van der Waals surface area contributed by atoms with Crippen molar-refractivity contribution >= 4 is 5.91 Å². The standard InChI is InChI=1S/C13H27N3O2/c1-11(14)12-4-7-16(8-5-12)10-13(17)15-6-3-9-18-2/h11-12H,3-10,14H2,1-2H3,(H,15,17). The Balaban J connectivity index is 2.10. The molecule has 1 aliphatic heterocycles. The summed E-state index contributed by atoms with van der Waals surface area (Å²) in [7, 11) is 1.67. The third kappa shape index (κ3) is 5.80. The van der Waals surface area contributed by atoms with Crippen LogP contribution in [0.5, 0.6) is 0 Å². The van der Waals surface area contributed by atoms with E-state index >= 15 is 0 Å². The number of carbonyl (C=O) groups excluding carboxylic acids is 1. The summed E-state index contributed by atoms with van der Waals surface area (Å²) < 4.78 is 4.93. The number of ether oxygens (including phenoxy) is 1. The summed E-state index contributed by atoms with van der Waals surface area (Å²) in [6.07, 6.45) is 3.08. The molecule has 3 N–H and O–H groups in total. The summed E-state index contributed by atoms with van der Waals surface area (Å²) in [4.78, 5) is 13.9. The van der Waals surface area contributed by atoms with Crippen molar-refractivity contribution in [2.75, 3.05) is 39.9 Å². The normalized spacial score (nSPS) is 19.7. The van der Waals surface area contributed by atoms with Crippen LogP contribution in [0.2, 0.25) is 0 Å². The van der Waals surface area contributed by atoms with E-state index in [1.54, 1.807) is 7.11 Å². The lowest BCUT2D eigenvalue weighted by atomic mass is 9.91. The summed E-state index contributed by atoms with van der Waals surface area (Å²) >= 11 is 0. The molecule has 1 unspecified atom stereocenters. The second-order valence-electron chi connectivity index (χ2n) is 5.17. The van der Waals surface area contributed by atoms with E-state index in [1.807, 2.05) is 0 Å². The molecular formula is C13H27N3O2. The van der Waals surface area contributed by atoms with Gasteiger partial charge in [0.05, 0.1) is 6.54 Å². The molecule has 0 aromatic heterocycles. The fourth-order valence-corrected chi connectivity index (χ4v) is 2.34. The van der Waals surface area contributed by atoms with Gasteiger partial charge in [-0.1, -0.05) is 0 Å². The maximum atomic E-state index is 11.7. The van der Waals surface area contributed by atoms with Gasteiger partial charge in [-0.2, -0.15) is 0 Å². The Bertz CT molecular complexity index is 238. The number of nitrogens with zero attached hydrogens (tertiary/aromatic N) is 1. The molecule has 1 rings (SSSR count). The Morgan fingerprint density at radius 1 is 1.50 bits per heavy atom. The van der Waals surface area contributed by atoms with Crippen molar-refractivity contribution in [3.8, 4) is 0 Å². The molecule has 5 heteroatoms. The van der Waals surface area contributed by atoms with E-state index in [4.69, 9.17) is 10.5 Å². The first kappa shape index (κ1) is 15.4. The van der Waals surface area contributed by atoms with Crippen LogP contribution in [0.25, 0.3) is 0 Å². The molecule has 0 aliphatic carbocycles. The molecule has 1 aliphatic rings. The van der Waals surface area contributed by atoms with Crippen LogP contribution in [0.4, 0.5) is 0 Å². The fraction of sp³-hybridized carbons (Fsp3) is 0.923. The van der Waals surface area contributed by atoms with Crippen LogP contribution in [0.1, 0.15) is 26.2 Å². The Kier molecular flexibility index (Phi) is 7.23. The van der Waals surface area contributed by atoms with Gasteiger partial charge in [-0.05, 0) is 45.2 Å². The van der Waals surface area contributed by atoms with Gasteiger partial charge in [-0.25, -0.2) is 0 Å². The minimum Gasteiger partial charge on any atom is -0.385 e. The lowest BCUT2D eigenvalue weighted by molar-refractivity contribution is -0.122. The van der Waals surface area contributed by atoms with Gasteiger partial charge < -0.3 is 15.8 Å². The third-order valence-electron chi connectivity index (χ3n) is 3.59. The lowest BCUT2D eigenvalue weighted by Gasteiger charge is -2.33. The van der Waals surface area contributed by atoms with E-state index in [1.165, 1.54) is 0 Å². The van der Waals surface area contributed by atoms with Crippen LogP contribution in [-0.4, -0.2) is 56.7 Å². The van der Waals surface area contributed by atoms with Crippen LogP contribution < -0.4 is 11.1 Å². The number of hydrogen-bond acceptors (Lipinski definition) is 4. The molecule has 18 heavy (non-hydrogen) atoms. The maximum Gasteiger partial charge on any atom is 0.234 e. The summed E-state index contributed by atoms with van der Waals surface area (Å²) in [5, 5.41) is 2.91. The maximum absolute atomic E-state index is 11.7. The van der Waals surface area contributed by atoms with Gasteiger partial charge in [-0.3, -0.25) is 9.69 Å². The number of likely N-dealkylation sites (tertiary alicyclic amines) is 1. The summed E-state index contributed by atoms with van der Waals surface area (Å²) in [5.74, 6) is 0.733. The molecule has 0 bridgehead atoms. The van der Waals surface area contributed by atoms with Gasteiger partial charge in [0, 0.05) is 26.3 Å². The predicted molar refractivity (Wildman–Crippen MR) is 72.3 cm³/mol. The molecule has 1 saturated heterocycles. The number of nitrogens with one attached hydrogen (secondary N) is 1. The molecule has 0 radical (unpaired) electrons. The Labute approximate surface area is 110 Å². The zero-order valence-electron chi connectivity index (χ0n) is 11.7. The van der Waals surface area contributed by atoms with Crippen LogP contribution >= 0.6 is 0 Å².